The molecule has 30 heavy (non-hydrogen) atoms. The smallest absolute Gasteiger partial charge is 0.387 e. The van der Waals surface area contributed by atoms with Crippen molar-refractivity contribution in [2.45, 2.75) is 61.0 Å². The van der Waals surface area contributed by atoms with Crippen LogP contribution in [0.3, 0.4) is 0 Å². The average molecular weight is 473 g/mol. The van der Waals surface area contributed by atoms with Gasteiger partial charge in [0.1, 0.15) is 6.61 Å². The van der Waals surface area contributed by atoms with E-state index >= 15 is 0 Å². The van der Waals surface area contributed by atoms with Crippen LogP contribution in [0.25, 0.3) is 0 Å². The number of aliphatic hydroxyl groups is 1. The summed E-state index contributed by atoms with van der Waals surface area (Å²) in [4.78, 5) is 14.0. The van der Waals surface area contributed by atoms with Crippen molar-refractivity contribution in [2.24, 2.45) is 23.7 Å². The summed E-state index contributed by atoms with van der Waals surface area (Å²) < 4.78 is 39.1. The molecule has 3 aliphatic heterocycles. The van der Waals surface area contributed by atoms with Crippen LogP contribution in [0.5, 0.6) is 0 Å². The second-order valence-electron chi connectivity index (χ2n) is 9.14. The number of aliphatic hydroxyl groups excluding tert-OH is 1. The van der Waals surface area contributed by atoms with Crippen molar-refractivity contribution < 1.29 is 23.1 Å². The number of hydrogen-bond donors (Lipinski definition) is 4. The first-order valence-electron chi connectivity index (χ1n) is 10.6. The molecule has 0 radical (unpaired) electrons. The molecule has 0 bridgehead atoms. The summed E-state index contributed by atoms with van der Waals surface area (Å²) in [5.41, 5.74) is 0. The molecule has 1 amide bonds. The number of carbonyl (C=O) groups excluding carboxylic acids is 1. The van der Waals surface area contributed by atoms with Gasteiger partial charge in [0.25, 0.3) is 0 Å². The summed E-state index contributed by atoms with van der Waals surface area (Å²) in [6, 6.07) is 0.0438. The summed E-state index contributed by atoms with van der Waals surface area (Å²) in [7, 11) is 0. The molecule has 4 fully saturated rings. The monoisotopic (exact) mass is 472 g/mol. The fourth-order valence-electron chi connectivity index (χ4n) is 6.39. The van der Waals surface area contributed by atoms with E-state index in [0.29, 0.717) is 13.0 Å². The van der Waals surface area contributed by atoms with Crippen molar-refractivity contribution in [1.29, 1.82) is 0 Å². The lowest BCUT2D eigenvalue weighted by Gasteiger charge is -2.50. The first-order chi connectivity index (χ1) is 14.1. The van der Waals surface area contributed by atoms with Gasteiger partial charge < -0.3 is 15.3 Å². The topological polar surface area (TPSA) is 76.6 Å². The lowest BCUT2D eigenvalue weighted by molar-refractivity contribution is -0.169. The fourth-order valence-corrected chi connectivity index (χ4v) is 7.10. The molecule has 4 rings (SSSR count). The Morgan fingerprint density at radius 2 is 1.87 bits per heavy atom. The number of piperidine rings is 1. The lowest BCUT2D eigenvalue weighted by Crippen LogP contribution is -2.63. The minimum absolute atomic E-state index is 0.0156. The van der Waals surface area contributed by atoms with Crippen molar-refractivity contribution in [3.05, 3.63) is 0 Å². The minimum atomic E-state index is -4.33. The molecule has 8 atom stereocenters. The second kappa shape index (κ2) is 8.56. The normalized spacial score (nSPS) is 47.0. The van der Waals surface area contributed by atoms with Gasteiger partial charge in [-0.15, -0.1) is 23.2 Å². The molecule has 4 aliphatic rings. The van der Waals surface area contributed by atoms with E-state index in [4.69, 9.17) is 23.2 Å². The van der Waals surface area contributed by atoms with Gasteiger partial charge in [-0.1, -0.05) is 0 Å². The number of likely N-dealkylation sites (tertiary alicyclic amines) is 1. The Morgan fingerprint density at radius 3 is 2.47 bits per heavy atom. The Kier molecular flexibility index (Phi) is 6.52. The van der Waals surface area contributed by atoms with E-state index in [1.807, 2.05) is 6.92 Å². The molecule has 11 heteroatoms. The van der Waals surface area contributed by atoms with E-state index in [-0.39, 0.29) is 71.5 Å². The van der Waals surface area contributed by atoms with Gasteiger partial charge in [-0.2, -0.15) is 13.2 Å². The van der Waals surface area contributed by atoms with Crippen molar-refractivity contribution in [3.63, 3.8) is 0 Å². The number of rotatable bonds is 2. The zero-order chi connectivity index (χ0) is 21.8. The van der Waals surface area contributed by atoms with E-state index in [2.05, 4.69) is 16.0 Å². The zero-order valence-corrected chi connectivity index (χ0v) is 18.2. The van der Waals surface area contributed by atoms with E-state index in [1.165, 1.54) is 0 Å². The van der Waals surface area contributed by atoms with E-state index in [9.17, 15) is 23.1 Å². The first kappa shape index (κ1) is 22.9. The molecule has 4 N–H and O–H groups in total. The molecular weight excluding hydrogens is 444 g/mol. The van der Waals surface area contributed by atoms with Gasteiger partial charge in [0.2, 0.25) is 5.91 Å². The van der Waals surface area contributed by atoms with Crippen LogP contribution in [0.4, 0.5) is 13.2 Å². The third-order valence-electron chi connectivity index (χ3n) is 7.70. The maximum atomic E-state index is 13.0. The van der Waals surface area contributed by atoms with Crippen molar-refractivity contribution in [1.82, 2.24) is 20.9 Å². The third-order valence-corrected chi connectivity index (χ3v) is 8.85. The summed E-state index contributed by atoms with van der Waals surface area (Å²) in [6.45, 7) is 2.55. The van der Waals surface area contributed by atoms with Crippen LogP contribution in [-0.4, -0.2) is 83.4 Å². The molecule has 3 heterocycles. The fraction of sp³-hybridized carbons (Fsp3) is 0.947. The third kappa shape index (κ3) is 3.94. The number of hydrogen-bond acceptors (Lipinski definition) is 5. The maximum absolute atomic E-state index is 13.0. The van der Waals surface area contributed by atoms with Crippen LogP contribution in [0.2, 0.25) is 0 Å². The molecule has 0 aromatic heterocycles. The average Bonchev–Trinajstić information content (AvgIpc) is 3.10. The highest BCUT2D eigenvalue weighted by Crippen LogP contribution is 2.51. The lowest BCUT2D eigenvalue weighted by atomic mass is 9.63. The predicted octanol–water partition coefficient (Wildman–Crippen LogP) is 1.10. The van der Waals surface area contributed by atoms with Crippen molar-refractivity contribution in [3.8, 4) is 0 Å². The molecule has 0 spiro atoms. The predicted molar refractivity (Wildman–Crippen MR) is 107 cm³/mol. The first-order valence-corrected chi connectivity index (χ1v) is 11.5. The molecule has 6 nitrogen and oxygen atoms in total. The highest BCUT2D eigenvalue weighted by Gasteiger charge is 2.58. The Hall–Kier alpha value is -0.320. The van der Waals surface area contributed by atoms with Crippen molar-refractivity contribution >= 4 is 29.1 Å². The summed E-state index contributed by atoms with van der Waals surface area (Å²) >= 11 is 13.3. The molecule has 1 aliphatic carbocycles. The van der Waals surface area contributed by atoms with Crippen LogP contribution in [0, 0.1) is 23.7 Å². The van der Waals surface area contributed by atoms with Gasteiger partial charge in [-0.3, -0.25) is 15.4 Å². The second-order valence-corrected chi connectivity index (χ2v) is 10.2. The number of nitrogens with one attached hydrogen (secondary N) is 3. The standard InChI is InChI=1S/C19H29Cl2F3N4O2/c1-8-14-12(2-3-28(8)13(30)7-29)27-17-15(14)10(4-11(20)16(17)21)9-5-25-18(26-6-9)19(22,23)24/h8-12,14-18,25-27,29H,2-7H2,1H3/t8-,9?,10?,11?,12?,14?,15?,16?,17?,18?/m0/s1. The molecule has 172 valence electrons. The Morgan fingerprint density at radius 1 is 1.20 bits per heavy atom. The molecule has 1 saturated carbocycles. The number of alkyl halides is 5. The Labute approximate surface area is 184 Å². The van der Waals surface area contributed by atoms with Crippen LogP contribution in [0.15, 0.2) is 0 Å². The van der Waals surface area contributed by atoms with Gasteiger partial charge in [0, 0.05) is 37.8 Å². The van der Waals surface area contributed by atoms with Gasteiger partial charge in [-0.05, 0) is 43.4 Å². The van der Waals surface area contributed by atoms with Crippen LogP contribution in [-0.2, 0) is 4.79 Å². The van der Waals surface area contributed by atoms with Gasteiger partial charge in [0.05, 0.1) is 10.8 Å². The minimum Gasteiger partial charge on any atom is -0.387 e. The quantitative estimate of drug-likeness (QED) is 0.453. The van der Waals surface area contributed by atoms with E-state index < -0.39 is 18.9 Å². The van der Waals surface area contributed by atoms with Crippen LogP contribution >= 0.6 is 23.2 Å². The Bertz CT molecular complexity index is 650. The summed E-state index contributed by atoms with van der Waals surface area (Å²) in [5, 5.41) is 17.7. The highest BCUT2D eigenvalue weighted by atomic mass is 35.5. The number of carbonyl (C=O) groups is 1. The number of fused-ring (bicyclic) bond motifs is 3. The van der Waals surface area contributed by atoms with Crippen molar-refractivity contribution in [2.75, 3.05) is 26.2 Å². The van der Waals surface area contributed by atoms with Gasteiger partial charge in [-0.25, -0.2) is 0 Å². The largest absolute Gasteiger partial charge is 0.417 e. The number of nitrogens with zero attached hydrogens (tertiary/aromatic N) is 1. The molecule has 0 aromatic carbocycles. The number of amides is 1. The van der Waals surface area contributed by atoms with Crippen LogP contribution < -0.4 is 16.0 Å². The van der Waals surface area contributed by atoms with Gasteiger partial charge >= 0.3 is 6.18 Å². The maximum Gasteiger partial charge on any atom is 0.417 e. The SMILES string of the molecule is C[C@H]1C2C(CCN1C(=O)CO)NC1C(Cl)C(Cl)CC(C3CNC(C(F)(F)F)NC3)C12. The van der Waals surface area contributed by atoms with Gasteiger partial charge in [0.15, 0.2) is 6.17 Å². The Balaban J connectivity index is 1.56. The zero-order valence-electron chi connectivity index (χ0n) is 16.7. The van der Waals surface area contributed by atoms with E-state index in [0.717, 1.165) is 6.42 Å². The molecule has 0 aromatic rings. The summed E-state index contributed by atoms with van der Waals surface area (Å²) in [6.07, 6.45) is -4.64. The van der Waals surface area contributed by atoms with E-state index in [1.54, 1.807) is 4.90 Å². The summed E-state index contributed by atoms with van der Waals surface area (Å²) in [5.74, 6) is 0.000237. The molecular formula is C19H29Cl2F3N4O2. The number of halogens is 5. The van der Waals surface area contributed by atoms with Crippen LogP contribution in [0.1, 0.15) is 19.8 Å². The molecule has 3 saturated heterocycles. The molecule has 7 unspecified atom stereocenters. The highest BCUT2D eigenvalue weighted by molar-refractivity contribution is 6.30.